The smallest absolute Gasteiger partial charge is 0.355 e. The number of carboxylic acids is 1. The average molecular weight is 254 g/mol. The van der Waals surface area contributed by atoms with Crippen molar-refractivity contribution < 1.29 is 9.90 Å². The summed E-state index contributed by atoms with van der Waals surface area (Å²) in [5, 5.41) is 10.2. The summed E-state index contributed by atoms with van der Waals surface area (Å²) >= 11 is 7.22. The Labute approximate surface area is 101 Å². The zero-order valence-electron chi connectivity index (χ0n) is 8.40. The number of carbonyl (C=O) groups is 1. The van der Waals surface area contributed by atoms with Gasteiger partial charge in [-0.2, -0.15) is 0 Å². The van der Waals surface area contributed by atoms with E-state index in [9.17, 15) is 4.79 Å². The number of hydrogen-bond donors (Lipinski definition) is 1. The fraction of sp³-hybridized carbons (Fsp3) is 0.0909. The third-order valence-corrected chi connectivity index (χ3v) is 3.33. The Morgan fingerprint density at radius 3 is 2.81 bits per heavy atom. The van der Waals surface area contributed by atoms with Gasteiger partial charge < -0.3 is 5.11 Å². The molecule has 0 atom stereocenters. The normalized spacial score (nSPS) is 10.4. The number of nitrogens with zero attached hydrogens (tertiary/aromatic N) is 1. The Kier molecular flexibility index (Phi) is 2.94. The number of aromatic nitrogens is 1. The predicted octanol–water partition coefficient (Wildman–Crippen LogP) is 3.47. The van der Waals surface area contributed by atoms with Crippen molar-refractivity contribution in [1.82, 2.24) is 4.98 Å². The molecular formula is C11H8ClNO2S. The number of carboxylic acid groups (broad SMARTS) is 1. The molecule has 0 unspecified atom stereocenters. The van der Waals surface area contributed by atoms with E-state index in [1.165, 1.54) is 11.3 Å². The summed E-state index contributed by atoms with van der Waals surface area (Å²) in [6.07, 6.45) is 0. The first-order valence-electron chi connectivity index (χ1n) is 4.54. The molecule has 0 aliphatic rings. The molecule has 0 amide bonds. The van der Waals surface area contributed by atoms with Crippen molar-refractivity contribution in [2.24, 2.45) is 0 Å². The number of benzene rings is 1. The van der Waals surface area contributed by atoms with Crippen LogP contribution in [0.15, 0.2) is 24.3 Å². The van der Waals surface area contributed by atoms with Gasteiger partial charge in [-0.3, -0.25) is 0 Å². The molecular weight excluding hydrogens is 246 g/mol. The monoisotopic (exact) mass is 253 g/mol. The second-order valence-corrected chi connectivity index (χ2v) is 4.88. The van der Waals surface area contributed by atoms with Crippen LogP contribution in [0.5, 0.6) is 0 Å². The van der Waals surface area contributed by atoms with Crippen molar-refractivity contribution in [3.8, 4) is 10.6 Å². The third-order valence-electron chi connectivity index (χ3n) is 2.07. The van der Waals surface area contributed by atoms with Gasteiger partial charge in [-0.05, 0) is 19.1 Å². The standard InChI is InChI=1S/C11H8ClNO2S/c1-6-9(11(14)15)13-10(16-6)7-3-2-4-8(12)5-7/h2-5H,1H3,(H,14,15). The summed E-state index contributed by atoms with van der Waals surface area (Å²) in [4.78, 5) is 15.6. The van der Waals surface area contributed by atoms with Crippen molar-refractivity contribution in [3.05, 3.63) is 39.9 Å². The van der Waals surface area contributed by atoms with Gasteiger partial charge in [0.2, 0.25) is 0 Å². The van der Waals surface area contributed by atoms with Crippen molar-refractivity contribution in [2.45, 2.75) is 6.92 Å². The molecule has 1 aromatic carbocycles. The molecule has 2 rings (SSSR count). The molecule has 0 fully saturated rings. The fourth-order valence-electron chi connectivity index (χ4n) is 1.34. The number of halogens is 1. The minimum Gasteiger partial charge on any atom is -0.476 e. The van der Waals surface area contributed by atoms with Crippen LogP contribution in [0.3, 0.4) is 0 Å². The van der Waals surface area contributed by atoms with Crippen LogP contribution in [-0.4, -0.2) is 16.1 Å². The topological polar surface area (TPSA) is 50.2 Å². The van der Waals surface area contributed by atoms with E-state index in [2.05, 4.69) is 4.98 Å². The minimum absolute atomic E-state index is 0.111. The summed E-state index contributed by atoms with van der Waals surface area (Å²) in [5.41, 5.74) is 0.952. The van der Waals surface area contributed by atoms with Crippen LogP contribution in [0.25, 0.3) is 10.6 Å². The Hall–Kier alpha value is -1.39. The van der Waals surface area contributed by atoms with E-state index >= 15 is 0 Å². The van der Waals surface area contributed by atoms with Gasteiger partial charge in [-0.1, -0.05) is 23.7 Å². The van der Waals surface area contributed by atoms with Crippen LogP contribution < -0.4 is 0 Å². The van der Waals surface area contributed by atoms with E-state index in [0.29, 0.717) is 14.9 Å². The van der Waals surface area contributed by atoms with Crippen LogP contribution in [0, 0.1) is 6.92 Å². The SMILES string of the molecule is Cc1sc(-c2cccc(Cl)c2)nc1C(=O)O. The van der Waals surface area contributed by atoms with Crippen LogP contribution in [0.4, 0.5) is 0 Å². The second-order valence-electron chi connectivity index (χ2n) is 3.24. The Bertz CT molecular complexity index is 551. The van der Waals surface area contributed by atoms with Crippen molar-refractivity contribution in [3.63, 3.8) is 0 Å². The molecule has 0 aliphatic heterocycles. The first-order valence-corrected chi connectivity index (χ1v) is 5.74. The number of aromatic carboxylic acids is 1. The van der Waals surface area contributed by atoms with E-state index < -0.39 is 5.97 Å². The summed E-state index contributed by atoms with van der Waals surface area (Å²) < 4.78 is 0. The highest BCUT2D eigenvalue weighted by Gasteiger charge is 2.14. The number of aryl methyl sites for hydroxylation is 1. The Morgan fingerprint density at radius 1 is 1.50 bits per heavy atom. The van der Waals surface area contributed by atoms with Gasteiger partial charge in [0.05, 0.1) is 0 Å². The van der Waals surface area contributed by atoms with Crippen LogP contribution in [0.1, 0.15) is 15.4 Å². The quantitative estimate of drug-likeness (QED) is 0.892. The maximum Gasteiger partial charge on any atom is 0.355 e. The summed E-state index contributed by atoms with van der Waals surface area (Å²) in [6.45, 7) is 1.75. The molecule has 0 bridgehead atoms. The molecule has 0 saturated carbocycles. The molecule has 0 aliphatic carbocycles. The Balaban J connectivity index is 2.49. The summed E-state index contributed by atoms with van der Waals surface area (Å²) in [6, 6.07) is 7.21. The van der Waals surface area contributed by atoms with Crippen LogP contribution in [0.2, 0.25) is 5.02 Å². The number of hydrogen-bond acceptors (Lipinski definition) is 3. The van der Waals surface area contributed by atoms with Gasteiger partial charge in [0.15, 0.2) is 5.69 Å². The van der Waals surface area contributed by atoms with E-state index in [4.69, 9.17) is 16.7 Å². The summed E-state index contributed by atoms with van der Waals surface area (Å²) in [5.74, 6) is -0.998. The maximum atomic E-state index is 10.9. The number of thiazole rings is 1. The first kappa shape index (κ1) is 11.1. The molecule has 1 N–H and O–H groups in total. The molecule has 1 heterocycles. The minimum atomic E-state index is -0.998. The van der Waals surface area contributed by atoms with Gasteiger partial charge >= 0.3 is 5.97 Å². The van der Waals surface area contributed by atoms with Crippen molar-refractivity contribution in [1.29, 1.82) is 0 Å². The zero-order valence-corrected chi connectivity index (χ0v) is 9.97. The van der Waals surface area contributed by atoms with Gasteiger partial charge in [-0.25, -0.2) is 9.78 Å². The molecule has 3 nitrogen and oxygen atoms in total. The van der Waals surface area contributed by atoms with Gasteiger partial charge in [0, 0.05) is 15.5 Å². The van der Waals surface area contributed by atoms with E-state index in [-0.39, 0.29) is 5.69 Å². The highest BCUT2D eigenvalue weighted by Crippen LogP contribution is 2.29. The molecule has 1 aromatic heterocycles. The van der Waals surface area contributed by atoms with Crippen LogP contribution >= 0.6 is 22.9 Å². The lowest BCUT2D eigenvalue weighted by molar-refractivity contribution is 0.0690. The van der Waals surface area contributed by atoms with Crippen molar-refractivity contribution in [2.75, 3.05) is 0 Å². The van der Waals surface area contributed by atoms with E-state index in [1.54, 1.807) is 19.1 Å². The third kappa shape index (κ3) is 2.08. The Morgan fingerprint density at radius 2 is 2.25 bits per heavy atom. The molecule has 2 aromatic rings. The van der Waals surface area contributed by atoms with Gasteiger partial charge in [0.1, 0.15) is 5.01 Å². The molecule has 16 heavy (non-hydrogen) atoms. The second kappa shape index (κ2) is 4.23. The lowest BCUT2D eigenvalue weighted by atomic mass is 10.2. The molecule has 0 saturated heterocycles. The average Bonchev–Trinajstić information content (AvgIpc) is 2.60. The largest absolute Gasteiger partial charge is 0.476 e. The zero-order chi connectivity index (χ0) is 11.7. The highest BCUT2D eigenvalue weighted by molar-refractivity contribution is 7.15. The fourth-order valence-corrected chi connectivity index (χ4v) is 2.43. The number of rotatable bonds is 2. The van der Waals surface area contributed by atoms with E-state index in [0.717, 1.165) is 5.56 Å². The van der Waals surface area contributed by atoms with Crippen molar-refractivity contribution >= 4 is 28.9 Å². The molecule has 0 radical (unpaired) electrons. The summed E-state index contributed by atoms with van der Waals surface area (Å²) in [7, 11) is 0. The van der Waals surface area contributed by atoms with E-state index in [1.807, 2.05) is 12.1 Å². The maximum absolute atomic E-state index is 10.9. The lowest BCUT2D eigenvalue weighted by Crippen LogP contribution is -1.98. The van der Waals surface area contributed by atoms with Gasteiger partial charge in [0.25, 0.3) is 0 Å². The first-order chi connectivity index (χ1) is 7.58. The molecule has 5 heteroatoms. The molecule has 0 spiro atoms. The van der Waals surface area contributed by atoms with Gasteiger partial charge in [-0.15, -0.1) is 11.3 Å². The lowest BCUT2D eigenvalue weighted by Gasteiger charge is -1.95. The predicted molar refractivity (Wildman–Crippen MR) is 64.3 cm³/mol. The van der Waals surface area contributed by atoms with Crippen LogP contribution in [-0.2, 0) is 0 Å². The molecule has 82 valence electrons. The highest BCUT2D eigenvalue weighted by atomic mass is 35.5.